The molecule has 9 heteroatoms. The van der Waals surface area contributed by atoms with Gasteiger partial charge in [0.05, 0.1) is 25.5 Å². The minimum atomic E-state index is -0.602. The maximum absolute atomic E-state index is 13.0. The second-order valence-corrected chi connectivity index (χ2v) is 6.99. The van der Waals surface area contributed by atoms with Crippen LogP contribution >= 0.6 is 0 Å². The second kappa shape index (κ2) is 9.92. The summed E-state index contributed by atoms with van der Waals surface area (Å²) in [5, 5.41) is 2.71. The molecular formula is C22H25FN6O2. The number of methoxy groups -OCH3 is 1. The zero-order valence-electron chi connectivity index (χ0n) is 17.9. The summed E-state index contributed by atoms with van der Waals surface area (Å²) in [5.41, 5.74) is 2.98. The molecule has 0 aliphatic heterocycles. The van der Waals surface area contributed by atoms with Crippen LogP contribution < -0.4 is 10.2 Å². The molecule has 2 aromatic rings. The van der Waals surface area contributed by atoms with Gasteiger partial charge in [0, 0.05) is 31.4 Å². The van der Waals surface area contributed by atoms with E-state index in [0.29, 0.717) is 28.8 Å². The van der Waals surface area contributed by atoms with Crippen LogP contribution in [0, 0.1) is 5.95 Å². The van der Waals surface area contributed by atoms with Crippen LogP contribution in [-0.2, 0) is 22.4 Å². The van der Waals surface area contributed by atoms with Crippen molar-refractivity contribution in [2.45, 2.75) is 19.3 Å². The number of aromatic nitrogens is 3. The first-order chi connectivity index (χ1) is 14.9. The van der Waals surface area contributed by atoms with Gasteiger partial charge in [-0.3, -0.25) is 9.79 Å². The number of nitrogens with zero attached hydrogens (tertiary/aromatic N) is 5. The van der Waals surface area contributed by atoms with Crippen LogP contribution in [0.4, 0.5) is 15.9 Å². The number of hydrogen-bond acceptors (Lipinski definition) is 7. The van der Waals surface area contributed by atoms with Crippen molar-refractivity contribution in [1.29, 1.82) is 0 Å². The first-order valence-electron chi connectivity index (χ1n) is 9.82. The number of nitrogens with one attached hydrogen (secondary N) is 1. The normalized spacial score (nSPS) is 13.5. The Morgan fingerprint density at radius 1 is 1.39 bits per heavy atom. The summed E-state index contributed by atoms with van der Waals surface area (Å²) >= 11 is 0. The first kappa shape index (κ1) is 22.1. The molecular weight excluding hydrogens is 399 g/mol. The van der Waals surface area contributed by atoms with Gasteiger partial charge in [-0.05, 0) is 37.5 Å². The highest BCUT2D eigenvalue weighted by Gasteiger charge is 2.23. The minimum Gasteiger partial charge on any atom is -0.497 e. The molecule has 31 heavy (non-hydrogen) atoms. The van der Waals surface area contributed by atoms with Crippen LogP contribution in [-0.4, -0.2) is 54.3 Å². The number of aryl methyl sites for hydroxylation is 1. The molecule has 0 aromatic carbocycles. The molecule has 162 valence electrons. The summed E-state index contributed by atoms with van der Waals surface area (Å²) in [4.78, 5) is 31.5. The number of anilines is 2. The number of carbonyl (C=O) groups excluding carboxylic acids is 1. The van der Waals surface area contributed by atoms with E-state index in [-0.39, 0.29) is 12.5 Å². The van der Waals surface area contributed by atoms with E-state index >= 15 is 0 Å². The first-order valence-corrected chi connectivity index (χ1v) is 9.82. The van der Waals surface area contributed by atoms with Gasteiger partial charge in [-0.25, -0.2) is 15.0 Å². The van der Waals surface area contributed by atoms with E-state index in [1.54, 1.807) is 38.3 Å². The highest BCUT2D eigenvalue weighted by molar-refractivity contribution is 6.06. The maximum Gasteiger partial charge on any atom is 0.243 e. The van der Waals surface area contributed by atoms with Crippen LogP contribution in [0.2, 0.25) is 0 Å². The average Bonchev–Trinajstić information content (AvgIpc) is 3.24. The van der Waals surface area contributed by atoms with Gasteiger partial charge < -0.3 is 15.0 Å². The summed E-state index contributed by atoms with van der Waals surface area (Å²) < 4.78 is 18.2. The summed E-state index contributed by atoms with van der Waals surface area (Å²) in [6.07, 6.45) is 7.26. The van der Waals surface area contributed by atoms with Gasteiger partial charge in [-0.2, -0.15) is 4.39 Å². The molecule has 0 fully saturated rings. The highest BCUT2D eigenvalue weighted by atomic mass is 19.1. The summed E-state index contributed by atoms with van der Waals surface area (Å²) in [7, 11) is 5.02. The van der Waals surface area contributed by atoms with Crippen molar-refractivity contribution in [1.82, 2.24) is 15.0 Å². The fraction of sp³-hybridized carbons (Fsp3) is 0.318. The second-order valence-electron chi connectivity index (χ2n) is 6.99. The Hall–Kier alpha value is -3.62. The molecule has 0 saturated heterocycles. The molecule has 0 bridgehead atoms. The van der Waals surface area contributed by atoms with Gasteiger partial charge in [0.1, 0.15) is 17.3 Å². The Balaban J connectivity index is 1.86. The van der Waals surface area contributed by atoms with E-state index in [1.807, 2.05) is 0 Å². The molecule has 1 amide bonds. The zero-order valence-corrected chi connectivity index (χ0v) is 17.9. The monoisotopic (exact) mass is 424 g/mol. The number of amides is 1. The molecule has 8 nitrogen and oxygen atoms in total. The number of ether oxygens (including phenoxy) is 1. The highest BCUT2D eigenvalue weighted by Crippen LogP contribution is 2.28. The van der Waals surface area contributed by atoms with E-state index in [0.717, 1.165) is 30.5 Å². The summed E-state index contributed by atoms with van der Waals surface area (Å²) in [6, 6.07) is 2.66. The van der Waals surface area contributed by atoms with Crippen molar-refractivity contribution in [3.63, 3.8) is 0 Å². The average molecular weight is 424 g/mol. The molecule has 0 unspecified atom stereocenters. The number of pyridine rings is 1. The van der Waals surface area contributed by atoms with Crippen LogP contribution in [0.15, 0.2) is 47.8 Å². The van der Waals surface area contributed by atoms with Crippen molar-refractivity contribution < 1.29 is 13.9 Å². The van der Waals surface area contributed by atoms with Crippen LogP contribution in [0.5, 0.6) is 0 Å². The number of rotatable bonds is 8. The van der Waals surface area contributed by atoms with E-state index in [1.165, 1.54) is 18.3 Å². The molecule has 2 aromatic heterocycles. The SMILES string of the molecule is C=C/C(=C\C(=NC)c1nc2c(c(N(C)CC(=O)Nc3ccc(F)nc3)n1)CCC2)OC. The number of allylic oxidation sites excluding steroid dienone is 2. The van der Waals surface area contributed by atoms with Crippen LogP contribution in [0.1, 0.15) is 23.5 Å². The van der Waals surface area contributed by atoms with Crippen molar-refractivity contribution in [3.05, 3.63) is 65.8 Å². The topological polar surface area (TPSA) is 92.6 Å². The van der Waals surface area contributed by atoms with E-state index in [4.69, 9.17) is 14.7 Å². The minimum absolute atomic E-state index is 0.0602. The van der Waals surface area contributed by atoms with Gasteiger partial charge >= 0.3 is 0 Å². The Kier molecular flexibility index (Phi) is 7.07. The fourth-order valence-electron chi connectivity index (χ4n) is 3.35. The third kappa shape index (κ3) is 5.30. The predicted molar refractivity (Wildman–Crippen MR) is 118 cm³/mol. The number of aliphatic imine (C=N–C) groups is 1. The molecule has 0 saturated carbocycles. The number of halogens is 1. The molecule has 1 aliphatic rings. The smallest absolute Gasteiger partial charge is 0.243 e. The van der Waals surface area contributed by atoms with Crippen LogP contribution in [0.25, 0.3) is 0 Å². The number of likely N-dealkylation sites (N-methyl/N-ethyl adjacent to an activating group) is 1. The molecule has 0 atom stereocenters. The number of carbonyl (C=O) groups is 1. The molecule has 0 spiro atoms. The Bertz CT molecular complexity index is 1030. The van der Waals surface area contributed by atoms with Gasteiger partial charge in [0.15, 0.2) is 5.82 Å². The molecule has 2 heterocycles. The van der Waals surface area contributed by atoms with Crippen molar-refractivity contribution in [3.8, 4) is 0 Å². The third-order valence-electron chi connectivity index (χ3n) is 4.85. The van der Waals surface area contributed by atoms with E-state index < -0.39 is 5.95 Å². The van der Waals surface area contributed by atoms with Crippen LogP contribution in [0.3, 0.4) is 0 Å². The lowest BCUT2D eigenvalue weighted by Crippen LogP contribution is -2.32. The van der Waals surface area contributed by atoms with Gasteiger partial charge in [-0.1, -0.05) is 6.58 Å². The van der Waals surface area contributed by atoms with Gasteiger partial charge in [0.25, 0.3) is 0 Å². The molecule has 0 radical (unpaired) electrons. The van der Waals surface area contributed by atoms with Crippen molar-refractivity contribution in [2.24, 2.45) is 4.99 Å². The van der Waals surface area contributed by atoms with Gasteiger partial charge in [0.2, 0.25) is 11.9 Å². The van der Waals surface area contributed by atoms with Gasteiger partial charge in [-0.15, -0.1) is 0 Å². The quantitative estimate of drug-likeness (QED) is 0.303. The molecule has 1 aliphatic carbocycles. The lowest BCUT2D eigenvalue weighted by atomic mass is 10.2. The van der Waals surface area contributed by atoms with Crippen molar-refractivity contribution >= 4 is 23.1 Å². The predicted octanol–water partition coefficient (Wildman–Crippen LogP) is 2.71. The van der Waals surface area contributed by atoms with E-state index in [9.17, 15) is 9.18 Å². The lowest BCUT2D eigenvalue weighted by molar-refractivity contribution is -0.114. The summed E-state index contributed by atoms with van der Waals surface area (Å²) in [6.45, 7) is 3.78. The number of fused-ring (bicyclic) bond motifs is 1. The van der Waals surface area contributed by atoms with E-state index in [2.05, 4.69) is 21.9 Å². The maximum atomic E-state index is 13.0. The standard InChI is InChI=1S/C22H25FN6O2/c1-5-15(31-4)11-18(24-2)21-27-17-8-6-7-16(17)22(28-21)29(3)13-20(30)26-14-9-10-19(23)25-12-14/h5,9-12H,1,6-8,13H2,2-4H3,(H,26,30)/b15-11+,24-18?. The Labute approximate surface area is 180 Å². The molecule has 1 N–H and O–H groups in total. The van der Waals surface area contributed by atoms with Crippen molar-refractivity contribution in [2.75, 3.05) is 38.0 Å². The fourth-order valence-corrected chi connectivity index (χ4v) is 3.35. The molecule has 3 rings (SSSR count). The zero-order chi connectivity index (χ0) is 22.4. The lowest BCUT2D eigenvalue weighted by Gasteiger charge is -2.21. The largest absolute Gasteiger partial charge is 0.497 e. The summed E-state index contributed by atoms with van der Waals surface area (Å²) in [5.74, 6) is 0.837. The third-order valence-corrected chi connectivity index (χ3v) is 4.85. The number of hydrogen-bond donors (Lipinski definition) is 1. The Morgan fingerprint density at radius 2 is 2.19 bits per heavy atom. The Morgan fingerprint density at radius 3 is 2.84 bits per heavy atom.